The Balaban J connectivity index is 1.67. The van der Waals surface area contributed by atoms with E-state index in [9.17, 15) is 9.90 Å². The Morgan fingerprint density at radius 1 is 1.38 bits per heavy atom. The second-order valence-electron chi connectivity index (χ2n) is 5.31. The summed E-state index contributed by atoms with van der Waals surface area (Å²) in [6.45, 7) is 1.44. The number of likely N-dealkylation sites (tertiary alicyclic amines) is 1. The molecule has 2 heterocycles. The van der Waals surface area contributed by atoms with Gasteiger partial charge >= 0.3 is 0 Å². The van der Waals surface area contributed by atoms with Crippen LogP contribution in [0.15, 0.2) is 36.7 Å². The summed E-state index contributed by atoms with van der Waals surface area (Å²) in [7, 11) is 0. The van der Waals surface area contributed by atoms with Crippen LogP contribution in [0.4, 0.5) is 0 Å². The van der Waals surface area contributed by atoms with Crippen LogP contribution in [0.5, 0.6) is 5.75 Å². The molecule has 0 unspecified atom stereocenters. The number of para-hydroxylation sites is 1. The molecule has 0 bridgehead atoms. The first-order valence-corrected chi connectivity index (χ1v) is 7.14. The van der Waals surface area contributed by atoms with Gasteiger partial charge in [0, 0.05) is 18.3 Å². The quantitative estimate of drug-likeness (QED) is 0.917. The predicted octanol–water partition coefficient (Wildman–Crippen LogP) is 1.22. The van der Waals surface area contributed by atoms with E-state index in [1.54, 1.807) is 29.1 Å². The maximum absolute atomic E-state index is 12.5. The molecule has 1 atom stereocenters. The molecule has 1 aromatic carbocycles. The molecule has 0 saturated carbocycles. The smallest absolute Gasteiger partial charge is 0.227 e. The summed E-state index contributed by atoms with van der Waals surface area (Å²) in [4.78, 5) is 14.4. The minimum absolute atomic E-state index is 0.0547. The van der Waals surface area contributed by atoms with Crippen molar-refractivity contribution in [3.63, 3.8) is 0 Å². The summed E-state index contributed by atoms with van der Waals surface area (Å²) in [5, 5.41) is 17.5. The second-order valence-corrected chi connectivity index (χ2v) is 5.31. The number of benzene rings is 1. The van der Waals surface area contributed by atoms with Gasteiger partial charge in [-0.15, -0.1) is 5.10 Å². The van der Waals surface area contributed by atoms with Gasteiger partial charge in [-0.25, -0.2) is 0 Å². The van der Waals surface area contributed by atoms with Gasteiger partial charge in [0.25, 0.3) is 0 Å². The van der Waals surface area contributed by atoms with E-state index in [4.69, 9.17) is 0 Å². The molecule has 110 valence electrons. The van der Waals surface area contributed by atoms with E-state index in [2.05, 4.69) is 10.3 Å². The van der Waals surface area contributed by atoms with Gasteiger partial charge < -0.3 is 10.0 Å². The molecule has 6 nitrogen and oxygen atoms in total. The number of aromatic nitrogens is 3. The van der Waals surface area contributed by atoms with Crippen molar-refractivity contribution in [3.8, 4) is 5.75 Å². The van der Waals surface area contributed by atoms with Crippen LogP contribution in [-0.4, -0.2) is 43.5 Å². The molecular weight excluding hydrogens is 268 g/mol. The van der Waals surface area contributed by atoms with Crippen molar-refractivity contribution in [2.75, 3.05) is 6.54 Å². The number of amides is 1. The fourth-order valence-corrected chi connectivity index (χ4v) is 2.82. The maximum atomic E-state index is 12.5. The lowest BCUT2D eigenvalue weighted by molar-refractivity contribution is -0.131. The van der Waals surface area contributed by atoms with Crippen LogP contribution in [-0.2, 0) is 17.8 Å². The number of nitrogens with zero attached hydrogens (tertiary/aromatic N) is 4. The van der Waals surface area contributed by atoms with Crippen molar-refractivity contribution in [2.45, 2.75) is 31.8 Å². The molecule has 0 aliphatic carbocycles. The highest BCUT2D eigenvalue weighted by atomic mass is 16.3. The zero-order valence-electron chi connectivity index (χ0n) is 11.7. The Kier molecular flexibility index (Phi) is 3.85. The Morgan fingerprint density at radius 2 is 2.24 bits per heavy atom. The SMILES string of the molecule is O=C(Cc1ccccc1O)N1CCC[C@H]1Cn1ccnn1. The average Bonchev–Trinajstić information content (AvgIpc) is 3.13. The average molecular weight is 286 g/mol. The summed E-state index contributed by atoms with van der Waals surface area (Å²) in [5.41, 5.74) is 0.675. The molecule has 6 heteroatoms. The van der Waals surface area contributed by atoms with Crippen molar-refractivity contribution in [1.29, 1.82) is 0 Å². The van der Waals surface area contributed by atoms with E-state index in [0.29, 0.717) is 12.1 Å². The van der Waals surface area contributed by atoms with Crippen molar-refractivity contribution >= 4 is 5.91 Å². The second kappa shape index (κ2) is 5.95. The molecule has 0 spiro atoms. The third kappa shape index (κ3) is 3.04. The predicted molar refractivity (Wildman–Crippen MR) is 76.6 cm³/mol. The van der Waals surface area contributed by atoms with Gasteiger partial charge in [0.1, 0.15) is 5.75 Å². The lowest BCUT2D eigenvalue weighted by Crippen LogP contribution is -2.39. The van der Waals surface area contributed by atoms with Crippen LogP contribution in [0.1, 0.15) is 18.4 Å². The van der Waals surface area contributed by atoms with Crippen LogP contribution in [0.3, 0.4) is 0 Å². The minimum Gasteiger partial charge on any atom is -0.508 e. The van der Waals surface area contributed by atoms with Gasteiger partial charge in [0.05, 0.1) is 25.2 Å². The van der Waals surface area contributed by atoms with Gasteiger partial charge in [0.2, 0.25) is 5.91 Å². The van der Waals surface area contributed by atoms with Crippen molar-refractivity contribution in [2.24, 2.45) is 0 Å². The van der Waals surface area contributed by atoms with Gasteiger partial charge in [0.15, 0.2) is 0 Å². The fourth-order valence-electron chi connectivity index (χ4n) is 2.82. The van der Waals surface area contributed by atoms with E-state index in [-0.39, 0.29) is 24.1 Å². The van der Waals surface area contributed by atoms with Crippen LogP contribution in [0, 0.1) is 0 Å². The summed E-state index contributed by atoms with van der Waals surface area (Å²) < 4.78 is 1.76. The summed E-state index contributed by atoms with van der Waals surface area (Å²) in [6, 6.07) is 7.14. The number of phenolic OH excluding ortho intramolecular Hbond substituents is 1. The van der Waals surface area contributed by atoms with E-state index < -0.39 is 0 Å². The van der Waals surface area contributed by atoms with Crippen molar-refractivity contribution in [3.05, 3.63) is 42.2 Å². The minimum atomic E-state index is 0.0547. The van der Waals surface area contributed by atoms with E-state index in [1.807, 2.05) is 17.2 Å². The molecule has 1 N–H and O–H groups in total. The molecule has 1 fully saturated rings. The highest BCUT2D eigenvalue weighted by molar-refractivity contribution is 5.80. The molecule has 3 rings (SSSR count). The number of carbonyl (C=O) groups is 1. The molecular formula is C15H18N4O2. The topological polar surface area (TPSA) is 71.2 Å². The Morgan fingerprint density at radius 3 is 3.00 bits per heavy atom. The molecule has 1 aromatic heterocycles. The number of hydrogen-bond acceptors (Lipinski definition) is 4. The summed E-state index contributed by atoms with van der Waals surface area (Å²) in [5.74, 6) is 0.233. The molecule has 1 saturated heterocycles. The molecule has 1 aliphatic heterocycles. The molecule has 1 aliphatic rings. The Labute approximate surface area is 123 Å². The highest BCUT2D eigenvalue weighted by Gasteiger charge is 2.29. The Hall–Kier alpha value is -2.37. The van der Waals surface area contributed by atoms with Crippen molar-refractivity contribution in [1.82, 2.24) is 19.9 Å². The monoisotopic (exact) mass is 286 g/mol. The number of hydrogen-bond donors (Lipinski definition) is 1. The lowest BCUT2D eigenvalue weighted by Gasteiger charge is -2.24. The third-order valence-corrected chi connectivity index (χ3v) is 3.90. The van der Waals surface area contributed by atoms with Gasteiger partial charge in [-0.2, -0.15) is 0 Å². The molecule has 21 heavy (non-hydrogen) atoms. The number of phenols is 1. The molecule has 1 amide bonds. The number of carbonyl (C=O) groups excluding carboxylic acids is 1. The Bertz CT molecular complexity index is 612. The van der Waals surface area contributed by atoms with E-state index in [1.165, 1.54) is 0 Å². The zero-order valence-corrected chi connectivity index (χ0v) is 11.7. The van der Waals surface area contributed by atoms with Crippen LogP contribution < -0.4 is 0 Å². The van der Waals surface area contributed by atoms with E-state index in [0.717, 1.165) is 19.4 Å². The zero-order chi connectivity index (χ0) is 14.7. The largest absolute Gasteiger partial charge is 0.508 e. The molecule has 0 radical (unpaired) electrons. The standard InChI is InChI=1S/C15H18N4O2/c20-14-6-2-1-4-12(14)10-15(21)19-8-3-5-13(19)11-18-9-7-16-17-18/h1-2,4,6-7,9,13,20H,3,5,8,10-11H2/t13-/m0/s1. The van der Waals surface area contributed by atoms with Crippen LogP contribution >= 0.6 is 0 Å². The summed E-state index contributed by atoms with van der Waals surface area (Å²) in [6.07, 6.45) is 5.67. The lowest BCUT2D eigenvalue weighted by atomic mass is 10.1. The first-order chi connectivity index (χ1) is 10.2. The first kappa shape index (κ1) is 13.6. The maximum Gasteiger partial charge on any atom is 0.227 e. The van der Waals surface area contributed by atoms with Crippen LogP contribution in [0.25, 0.3) is 0 Å². The number of rotatable bonds is 4. The summed E-state index contributed by atoms with van der Waals surface area (Å²) >= 11 is 0. The van der Waals surface area contributed by atoms with Crippen LogP contribution in [0.2, 0.25) is 0 Å². The fraction of sp³-hybridized carbons (Fsp3) is 0.400. The highest BCUT2D eigenvalue weighted by Crippen LogP contribution is 2.22. The third-order valence-electron chi connectivity index (χ3n) is 3.90. The number of aromatic hydroxyl groups is 1. The van der Waals surface area contributed by atoms with Gasteiger partial charge in [-0.05, 0) is 18.9 Å². The van der Waals surface area contributed by atoms with E-state index >= 15 is 0 Å². The van der Waals surface area contributed by atoms with Crippen molar-refractivity contribution < 1.29 is 9.90 Å². The normalized spacial score (nSPS) is 18.1. The van der Waals surface area contributed by atoms with Gasteiger partial charge in [-0.1, -0.05) is 23.4 Å². The first-order valence-electron chi connectivity index (χ1n) is 7.14. The molecule has 2 aromatic rings. The van der Waals surface area contributed by atoms with Gasteiger partial charge in [-0.3, -0.25) is 9.48 Å².